The van der Waals surface area contributed by atoms with E-state index in [-0.39, 0.29) is 89.1 Å². The van der Waals surface area contributed by atoms with Crippen LogP contribution in [0.25, 0.3) is 11.2 Å². The molecule has 2 aromatic rings. The van der Waals surface area contributed by atoms with Crippen molar-refractivity contribution in [2.24, 2.45) is 0 Å². The zero-order valence-electron chi connectivity index (χ0n) is 13.2. The number of rotatable bonds is 4. The normalized spacial score (nSPS) is 23.7. The summed E-state index contributed by atoms with van der Waals surface area (Å²) in [6, 6.07) is 0. The predicted octanol–water partition coefficient (Wildman–Crippen LogP) is -8.30. The quantitative estimate of drug-likeness (QED) is 0.386. The van der Waals surface area contributed by atoms with Crippen LogP contribution in [-0.4, -0.2) is 43.7 Å². The molecule has 0 unspecified atom stereocenters. The summed E-state index contributed by atoms with van der Waals surface area (Å²) in [7, 11) is -4.93. The summed E-state index contributed by atoms with van der Waals surface area (Å²) in [6.07, 6.45) is 0.381. The van der Waals surface area contributed by atoms with Crippen LogP contribution < -0.4 is 74.6 Å². The van der Waals surface area contributed by atoms with Gasteiger partial charge in [0, 0.05) is 0 Å². The van der Waals surface area contributed by atoms with Crippen molar-refractivity contribution in [3.63, 3.8) is 0 Å². The summed E-state index contributed by atoms with van der Waals surface area (Å²) < 4.78 is 22.7. The molecule has 11 nitrogen and oxygen atoms in total. The van der Waals surface area contributed by atoms with E-state index in [1.807, 2.05) is 0 Å². The third-order valence-corrected chi connectivity index (χ3v) is 3.62. The number of fused-ring (bicyclic) bond motifs is 1. The molecular formula is C10H12N5Na2O6P. The van der Waals surface area contributed by atoms with Gasteiger partial charge in [0.2, 0.25) is 0 Å². The zero-order chi connectivity index (χ0) is 16.0. The first-order valence-corrected chi connectivity index (χ1v) is 7.95. The number of ether oxygens (including phenoxy) is 2. The molecule has 0 bridgehead atoms. The maximum atomic E-state index is 10.9. The van der Waals surface area contributed by atoms with Crippen LogP contribution in [0.2, 0.25) is 0 Å². The van der Waals surface area contributed by atoms with Gasteiger partial charge in [0.15, 0.2) is 11.5 Å². The van der Waals surface area contributed by atoms with Crippen molar-refractivity contribution in [2.45, 2.75) is 18.4 Å². The maximum Gasteiger partial charge on any atom is 1.00 e. The molecule has 1 fully saturated rings. The fourth-order valence-corrected chi connectivity index (χ4v) is 2.62. The minimum Gasteiger partial charge on any atom is -0.809 e. The van der Waals surface area contributed by atoms with Crippen molar-refractivity contribution >= 4 is 24.6 Å². The van der Waals surface area contributed by atoms with Crippen molar-refractivity contribution in [1.29, 1.82) is 0 Å². The van der Waals surface area contributed by atoms with E-state index in [1.165, 1.54) is 17.2 Å². The van der Waals surface area contributed by atoms with Gasteiger partial charge in [-0.15, -0.1) is 0 Å². The smallest absolute Gasteiger partial charge is 0.809 e. The van der Waals surface area contributed by atoms with Crippen molar-refractivity contribution in [3.8, 4) is 0 Å². The summed E-state index contributed by atoms with van der Waals surface area (Å²) in [6.45, 7) is -0.0950. The van der Waals surface area contributed by atoms with Crippen molar-refractivity contribution in [2.75, 3.05) is 18.7 Å². The Morgan fingerprint density at radius 1 is 1.46 bits per heavy atom. The second kappa shape index (κ2) is 8.38. The van der Waals surface area contributed by atoms with Gasteiger partial charge < -0.3 is 34.7 Å². The van der Waals surface area contributed by atoms with Crippen LogP contribution in [0.1, 0.15) is 6.42 Å². The van der Waals surface area contributed by atoms with E-state index < -0.39 is 26.0 Å². The zero-order valence-corrected chi connectivity index (χ0v) is 18.0. The minimum atomic E-state index is -4.93. The van der Waals surface area contributed by atoms with Gasteiger partial charge in [-0.1, -0.05) is 0 Å². The maximum absolute atomic E-state index is 10.9. The summed E-state index contributed by atoms with van der Waals surface area (Å²) in [5.74, 6) is -1.57. The number of aliphatic hydroxyl groups excluding tert-OH is 1. The van der Waals surface area contributed by atoms with E-state index in [4.69, 9.17) is 15.2 Å². The van der Waals surface area contributed by atoms with Crippen molar-refractivity contribution in [3.05, 3.63) is 12.7 Å². The van der Waals surface area contributed by atoms with Gasteiger partial charge in [0.05, 0.1) is 25.5 Å². The largest absolute Gasteiger partial charge is 1.00 e. The molecule has 2 atom stereocenters. The topological polar surface area (TPSA) is 172 Å². The van der Waals surface area contributed by atoms with Gasteiger partial charge >= 0.3 is 59.1 Å². The number of anilines is 1. The molecule has 1 saturated heterocycles. The molecule has 0 aromatic carbocycles. The van der Waals surface area contributed by atoms with Crippen LogP contribution >= 0.6 is 7.60 Å². The standard InChI is InChI=1S/C10H14N5O6P.2Na/c11-8-7-9(13-3-12-8)15(4-14-7)10(1-6(16)2-20-10)21-5-22(17,18)19;;/h3-4,6,16H,1-2,5H2,(H2,11,12,13)(H2,17,18,19);;/q;2*+1/p-2/t6-,10-;;/m0../s1. The fraction of sp³-hybridized carbons (Fsp3) is 0.500. The Bertz CT molecular complexity index is 756. The van der Waals surface area contributed by atoms with E-state index >= 15 is 0 Å². The number of hydrogen-bond acceptors (Lipinski definition) is 10. The molecule has 0 amide bonds. The Morgan fingerprint density at radius 3 is 2.75 bits per heavy atom. The van der Waals surface area contributed by atoms with E-state index in [0.717, 1.165) is 0 Å². The SMILES string of the molecule is Nc1ncnc2c1ncn2[C@@]1(OCP(=O)([O-])[O-])C[C@H](O)CO1.[Na+].[Na+]. The summed E-state index contributed by atoms with van der Waals surface area (Å²) in [4.78, 5) is 33.5. The number of aliphatic hydroxyl groups is 1. The molecule has 24 heavy (non-hydrogen) atoms. The summed E-state index contributed by atoms with van der Waals surface area (Å²) in [5, 5.41) is 9.70. The molecule has 120 valence electrons. The van der Waals surface area contributed by atoms with Crippen LogP contribution in [0.5, 0.6) is 0 Å². The average molecular weight is 375 g/mol. The van der Waals surface area contributed by atoms with Gasteiger partial charge in [0.25, 0.3) is 5.91 Å². The first-order valence-electron chi connectivity index (χ1n) is 6.22. The Hall–Kier alpha value is 0.380. The number of nitrogens with two attached hydrogens (primary N) is 1. The van der Waals surface area contributed by atoms with Crippen LogP contribution in [0, 0.1) is 0 Å². The molecule has 1 aliphatic rings. The Labute approximate surface area is 180 Å². The second-order valence-corrected chi connectivity index (χ2v) is 6.29. The predicted molar refractivity (Wildman–Crippen MR) is 67.8 cm³/mol. The first kappa shape index (κ1) is 22.4. The Balaban J connectivity index is 0.00000144. The average Bonchev–Trinajstić information content (AvgIpc) is 3.01. The molecule has 3 heterocycles. The molecular weight excluding hydrogens is 363 g/mol. The van der Waals surface area contributed by atoms with Gasteiger partial charge in [-0.2, -0.15) is 0 Å². The number of nitrogen functional groups attached to an aromatic ring is 1. The summed E-state index contributed by atoms with van der Waals surface area (Å²) >= 11 is 0. The third kappa shape index (κ3) is 4.56. The molecule has 14 heteroatoms. The molecule has 3 N–H and O–H groups in total. The molecule has 0 spiro atoms. The molecule has 2 aromatic heterocycles. The molecule has 0 aliphatic carbocycles. The van der Waals surface area contributed by atoms with E-state index in [0.29, 0.717) is 0 Å². The van der Waals surface area contributed by atoms with Crippen molar-refractivity contribution < 1.29 is 88.0 Å². The molecule has 0 radical (unpaired) electrons. The van der Waals surface area contributed by atoms with Crippen LogP contribution in [-0.2, 0) is 19.9 Å². The van der Waals surface area contributed by atoms with E-state index in [9.17, 15) is 19.5 Å². The first-order chi connectivity index (χ1) is 10.3. The van der Waals surface area contributed by atoms with E-state index in [2.05, 4.69) is 15.0 Å². The van der Waals surface area contributed by atoms with Gasteiger partial charge in [-0.3, -0.25) is 4.57 Å². The van der Waals surface area contributed by atoms with E-state index in [1.54, 1.807) is 0 Å². The van der Waals surface area contributed by atoms with Gasteiger partial charge in [0.1, 0.15) is 18.2 Å². The second-order valence-electron chi connectivity index (χ2n) is 4.81. The summed E-state index contributed by atoms with van der Waals surface area (Å²) in [5.41, 5.74) is 6.18. The fourth-order valence-electron chi connectivity index (χ4n) is 2.26. The Morgan fingerprint density at radius 2 is 2.17 bits per heavy atom. The monoisotopic (exact) mass is 375 g/mol. The van der Waals surface area contributed by atoms with Crippen LogP contribution in [0.15, 0.2) is 12.7 Å². The third-order valence-electron chi connectivity index (χ3n) is 3.17. The molecule has 3 rings (SSSR count). The van der Waals surface area contributed by atoms with Gasteiger partial charge in [-0.25, -0.2) is 15.0 Å². The van der Waals surface area contributed by atoms with Crippen LogP contribution in [0.3, 0.4) is 0 Å². The molecule has 1 aliphatic heterocycles. The number of aromatic nitrogens is 4. The number of hydrogen-bond donors (Lipinski definition) is 2. The minimum absolute atomic E-state index is 0. The van der Waals surface area contributed by atoms with Crippen LogP contribution in [0.4, 0.5) is 5.82 Å². The number of nitrogens with zero attached hydrogens (tertiary/aromatic N) is 4. The molecule has 0 saturated carbocycles. The van der Waals surface area contributed by atoms with Crippen molar-refractivity contribution in [1.82, 2.24) is 19.5 Å². The number of imidazole rings is 1. The Kier molecular flexibility index (Phi) is 7.83. The van der Waals surface area contributed by atoms with Gasteiger partial charge in [-0.05, 0) is 7.60 Å².